The molecule has 0 radical (unpaired) electrons. The Balaban J connectivity index is 2.38. The number of carbonyl (C=O) groups is 1. The van der Waals surface area contributed by atoms with Gasteiger partial charge < -0.3 is 5.32 Å². The van der Waals surface area contributed by atoms with E-state index in [1.165, 1.54) is 6.07 Å². The molecule has 4 nitrogen and oxygen atoms in total. The van der Waals surface area contributed by atoms with Crippen LogP contribution < -0.4 is 5.32 Å². The number of amides is 1. The van der Waals surface area contributed by atoms with E-state index < -0.39 is 0 Å². The molecule has 0 aliphatic rings. The summed E-state index contributed by atoms with van der Waals surface area (Å²) < 4.78 is 0. The molecule has 0 fully saturated rings. The number of aromatic nitrogens is 2. The van der Waals surface area contributed by atoms with Gasteiger partial charge in [-0.25, -0.2) is 0 Å². The predicted molar refractivity (Wildman–Crippen MR) is 85.3 cm³/mol. The van der Waals surface area contributed by atoms with E-state index in [-0.39, 0.29) is 27.7 Å². The summed E-state index contributed by atoms with van der Waals surface area (Å²) in [6.45, 7) is 6.09. The lowest BCUT2D eigenvalue weighted by atomic mass is 9.98. The Morgan fingerprint density at radius 1 is 1.24 bits per heavy atom. The van der Waals surface area contributed by atoms with Gasteiger partial charge >= 0.3 is 0 Å². The summed E-state index contributed by atoms with van der Waals surface area (Å²) in [7, 11) is 0. The third kappa shape index (κ3) is 3.52. The molecule has 0 saturated heterocycles. The van der Waals surface area contributed by atoms with Crippen molar-refractivity contribution in [2.45, 2.75) is 26.7 Å². The molecule has 21 heavy (non-hydrogen) atoms. The van der Waals surface area contributed by atoms with E-state index in [4.69, 9.17) is 23.2 Å². The zero-order chi connectivity index (χ0) is 15.6. The molecular weight excluding hydrogens is 309 g/mol. The van der Waals surface area contributed by atoms with Gasteiger partial charge in [-0.3, -0.25) is 4.79 Å². The van der Waals surface area contributed by atoms with E-state index in [2.05, 4.69) is 29.4 Å². The second-order valence-electron chi connectivity index (χ2n) is 5.02. The monoisotopic (exact) mass is 323 g/mol. The molecule has 0 atom stereocenters. The molecule has 1 N–H and O–H groups in total. The lowest BCUT2D eigenvalue weighted by molar-refractivity contribution is 0.102. The Bertz CT molecular complexity index is 687. The summed E-state index contributed by atoms with van der Waals surface area (Å²) in [5, 5.41) is 10.3. The maximum atomic E-state index is 12.4. The summed E-state index contributed by atoms with van der Waals surface area (Å²) in [6.07, 6.45) is 0. The van der Waals surface area contributed by atoms with Crippen LogP contribution in [-0.2, 0) is 0 Å². The van der Waals surface area contributed by atoms with Crippen LogP contribution >= 0.6 is 23.2 Å². The number of hydrogen-bond acceptors (Lipinski definition) is 3. The summed E-state index contributed by atoms with van der Waals surface area (Å²) in [6, 6.07) is 7.31. The fourth-order valence-electron chi connectivity index (χ4n) is 2.04. The molecule has 0 unspecified atom stereocenters. The van der Waals surface area contributed by atoms with Crippen molar-refractivity contribution in [3.8, 4) is 0 Å². The normalized spacial score (nSPS) is 10.8. The maximum Gasteiger partial charge on any atom is 0.258 e. The second kappa shape index (κ2) is 6.41. The SMILES string of the molecule is Cc1cccc(C(C)C)c1NC(=O)c1cc(Cl)nnc1Cl. The number of rotatable bonds is 3. The molecule has 1 heterocycles. The minimum atomic E-state index is -0.354. The molecule has 6 heteroatoms. The fourth-order valence-corrected chi connectivity index (χ4v) is 2.36. The highest BCUT2D eigenvalue weighted by atomic mass is 35.5. The fraction of sp³-hybridized carbons (Fsp3) is 0.267. The van der Waals surface area contributed by atoms with Gasteiger partial charge in [-0.05, 0) is 30.0 Å². The number of halogens is 2. The first-order chi connectivity index (χ1) is 9.90. The molecule has 0 saturated carbocycles. The van der Waals surface area contributed by atoms with Gasteiger partial charge in [0.05, 0.1) is 5.56 Å². The molecule has 0 aliphatic carbocycles. The lowest BCUT2D eigenvalue weighted by Crippen LogP contribution is -2.16. The Morgan fingerprint density at radius 2 is 1.95 bits per heavy atom. The van der Waals surface area contributed by atoms with E-state index in [1.54, 1.807) is 0 Å². The molecule has 110 valence electrons. The predicted octanol–water partition coefficient (Wildman–Crippen LogP) is 4.47. The third-order valence-electron chi connectivity index (χ3n) is 3.13. The first-order valence-corrected chi connectivity index (χ1v) is 7.25. The molecule has 0 spiro atoms. The standard InChI is InChI=1S/C15H15Cl2N3O/c1-8(2)10-6-4-5-9(3)13(10)18-15(21)11-7-12(16)19-20-14(11)17/h4-8H,1-3H3,(H,18,21). The smallest absolute Gasteiger partial charge is 0.258 e. The first kappa shape index (κ1) is 15.7. The second-order valence-corrected chi connectivity index (χ2v) is 5.76. The summed E-state index contributed by atoms with van der Waals surface area (Å²) in [5.74, 6) is -0.0668. The van der Waals surface area contributed by atoms with Gasteiger partial charge in [0.1, 0.15) is 0 Å². The van der Waals surface area contributed by atoms with Gasteiger partial charge in [0, 0.05) is 5.69 Å². The Morgan fingerprint density at radius 3 is 2.62 bits per heavy atom. The topological polar surface area (TPSA) is 54.9 Å². The van der Waals surface area contributed by atoms with Crippen LogP contribution in [0.3, 0.4) is 0 Å². The van der Waals surface area contributed by atoms with E-state index in [9.17, 15) is 4.79 Å². The maximum absolute atomic E-state index is 12.4. The number of para-hydroxylation sites is 1. The highest BCUT2D eigenvalue weighted by molar-refractivity contribution is 6.34. The Kier molecular flexibility index (Phi) is 4.80. The van der Waals surface area contributed by atoms with Crippen LogP contribution in [0.15, 0.2) is 24.3 Å². The lowest BCUT2D eigenvalue weighted by Gasteiger charge is -2.16. The molecule has 0 bridgehead atoms. The number of nitrogens with zero attached hydrogens (tertiary/aromatic N) is 2. The minimum Gasteiger partial charge on any atom is -0.321 e. The number of hydrogen-bond donors (Lipinski definition) is 1. The first-order valence-electron chi connectivity index (χ1n) is 6.49. The van der Waals surface area contributed by atoms with Crippen LogP contribution in [0.5, 0.6) is 0 Å². The molecule has 0 aliphatic heterocycles. The van der Waals surface area contributed by atoms with Crippen LogP contribution in [0.25, 0.3) is 0 Å². The van der Waals surface area contributed by atoms with Gasteiger partial charge in [0.25, 0.3) is 5.91 Å². The van der Waals surface area contributed by atoms with E-state index in [0.29, 0.717) is 0 Å². The number of nitrogens with one attached hydrogen (secondary N) is 1. The molecule has 1 amide bonds. The van der Waals surface area contributed by atoms with Gasteiger partial charge in [-0.1, -0.05) is 55.2 Å². The largest absolute Gasteiger partial charge is 0.321 e. The highest BCUT2D eigenvalue weighted by Crippen LogP contribution is 2.28. The minimum absolute atomic E-state index is 0.0246. The van der Waals surface area contributed by atoms with E-state index in [1.807, 2.05) is 25.1 Å². The van der Waals surface area contributed by atoms with Crippen LogP contribution in [0.1, 0.15) is 41.3 Å². The molecule has 1 aromatic carbocycles. The highest BCUT2D eigenvalue weighted by Gasteiger charge is 2.17. The van der Waals surface area contributed by atoms with E-state index in [0.717, 1.165) is 16.8 Å². The van der Waals surface area contributed by atoms with Crippen LogP contribution in [0, 0.1) is 6.92 Å². The average Bonchev–Trinajstić information content (AvgIpc) is 2.43. The molecule has 2 aromatic rings. The summed E-state index contributed by atoms with van der Waals surface area (Å²) in [5.41, 5.74) is 3.04. The third-order valence-corrected chi connectivity index (χ3v) is 3.59. The van der Waals surface area contributed by atoms with E-state index >= 15 is 0 Å². The van der Waals surface area contributed by atoms with Crippen molar-refractivity contribution in [2.75, 3.05) is 5.32 Å². The van der Waals surface area contributed by atoms with Crippen molar-refractivity contribution < 1.29 is 4.79 Å². The van der Waals surface area contributed by atoms with Crippen molar-refractivity contribution in [3.63, 3.8) is 0 Å². The van der Waals surface area contributed by atoms with Crippen molar-refractivity contribution in [1.82, 2.24) is 10.2 Å². The zero-order valence-corrected chi connectivity index (χ0v) is 13.5. The number of benzene rings is 1. The zero-order valence-electron chi connectivity index (χ0n) is 11.9. The number of carbonyl (C=O) groups excluding carboxylic acids is 1. The van der Waals surface area contributed by atoms with Crippen molar-refractivity contribution >= 4 is 34.8 Å². The van der Waals surface area contributed by atoms with Crippen LogP contribution in [0.4, 0.5) is 5.69 Å². The summed E-state index contributed by atoms with van der Waals surface area (Å²) in [4.78, 5) is 12.4. The van der Waals surface area contributed by atoms with Crippen molar-refractivity contribution in [3.05, 3.63) is 51.3 Å². The van der Waals surface area contributed by atoms with Crippen LogP contribution in [-0.4, -0.2) is 16.1 Å². The number of aryl methyl sites for hydroxylation is 1. The average molecular weight is 324 g/mol. The summed E-state index contributed by atoms with van der Waals surface area (Å²) >= 11 is 11.7. The number of anilines is 1. The van der Waals surface area contributed by atoms with Crippen molar-refractivity contribution in [2.24, 2.45) is 0 Å². The molecule has 1 aromatic heterocycles. The van der Waals surface area contributed by atoms with Gasteiger partial charge in [0.15, 0.2) is 10.3 Å². The Hall–Kier alpha value is -1.65. The van der Waals surface area contributed by atoms with Gasteiger partial charge in [-0.15, -0.1) is 10.2 Å². The molecule has 2 rings (SSSR count). The van der Waals surface area contributed by atoms with Crippen LogP contribution in [0.2, 0.25) is 10.3 Å². The Labute approximate surface area is 133 Å². The van der Waals surface area contributed by atoms with Gasteiger partial charge in [-0.2, -0.15) is 0 Å². The molecular formula is C15H15Cl2N3O. The quantitative estimate of drug-likeness (QED) is 0.906. The van der Waals surface area contributed by atoms with Gasteiger partial charge in [0.2, 0.25) is 0 Å². The van der Waals surface area contributed by atoms with Crippen molar-refractivity contribution in [1.29, 1.82) is 0 Å².